The molecule has 0 amide bonds. The maximum atomic E-state index is 9.59. The first kappa shape index (κ1) is 8.52. The van der Waals surface area contributed by atoms with Crippen molar-refractivity contribution in [3.05, 3.63) is 0 Å². The largest absolute Gasteiger partial charge is 0.391 e. The normalized spacial score (nSPS) is 37.8. The van der Waals surface area contributed by atoms with Gasteiger partial charge < -0.3 is 10.4 Å². The third kappa shape index (κ3) is 1.80. The van der Waals surface area contributed by atoms with Crippen LogP contribution < -0.4 is 5.32 Å². The number of aliphatic hydroxyl groups is 1. The fourth-order valence-corrected chi connectivity index (χ4v) is 2.60. The summed E-state index contributed by atoms with van der Waals surface area (Å²) >= 11 is 0. The van der Waals surface area contributed by atoms with Crippen molar-refractivity contribution in [3.8, 4) is 0 Å². The predicted octanol–water partition coefficient (Wildman–Crippen LogP) is 1.29. The van der Waals surface area contributed by atoms with Gasteiger partial charge in [-0.2, -0.15) is 0 Å². The van der Waals surface area contributed by atoms with Gasteiger partial charge in [0.15, 0.2) is 0 Å². The summed E-state index contributed by atoms with van der Waals surface area (Å²) in [6, 6.07) is 0.410. The van der Waals surface area contributed by atoms with Crippen LogP contribution in [0.3, 0.4) is 0 Å². The fraction of sp³-hybridized carbons (Fsp3) is 1.00. The fourth-order valence-electron chi connectivity index (χ4n) is 2.60. The molecule has 2 rings (SSSR count). The molecule has 0 bridgehead atoms. The van der Waals surface area contributed by atoms with Crippen molar-refractivity contribution in [1.82, 2.24) is 5.32 Å². The average molecular weight is 169 g/mol. The molecular formula is C10H19NO. The van der Waals surface area contributed by atoms with Crippen molar-refractivity contribution in [2.75, 3.05) is 6.54 Å². The second-order valence-corrected chi connectivity index (χ2v) is 4.30. The molecule has 0 spiro atoms. The lowest BCUT2D eigenvalue weighted by molar-refractivity contribution is 0.146. The Bertz CT molecular complexity index is 143. The molecule has 70 valence electrons. The van der Waals surface area contributed by atoms with Gasteiger partial charge in [0, 0.05) is 6.04 Å². The Kier molecular flexibility index (Phi) is 2.66. The molecule has 0 aromatic rings. The van der Waals surface area contributed by atoms with Gasteiger partial charge in [-0.15, -0.1) is 0 Å². The molecule has 1 saturated carbocycles. The third-order valence-electron chi connectivity index (χ3n) is 3.37. The minimum atomic E-state index is -0.0643. The average Bonchev–Trinajstić information content (AvgIpc) is 2.65. The second kappa shape index (κ2) is 3.75. The third-order valence-corrected chi connectivity index (χ3v) is 3.37. The zero-order chi connectivity index (χ0) is 8.39. The molecule has 2 aliphatic rings. The summed E-state index contributed by atoms with van der Waals surface area (Å²) in [5.41, 5.74) is 0. The highest BCUT2D eigenvalue weighted by atomic mass is 16.3. The van der Waals surface area contributed by atoms with E-state index >= 15 is 0 Å². The van der Waals surface area contributed by atoms with E-state index in [1.54, 1.807) is 0 Å². The molecule has 0 aromatic carbocycles. The maximum Gasteiger partial charge on any atom is 0.0705 e. The summed E-state index contributed by atoms with van der Waals surface area (Å²) in [4.78, 5) is 0. The lowest BCUT2D eigenvalue weighted by Gasteiger charge is -2.18. The Hall–Kier alpha value is -0.0800. The van der Waals surface area contributed by atoms with E-state index < -0.39 is 0 Å². The first-order valence-corrected chi connectivity index (χ1v) is 5.28. The Morgan fingerprint density at radius 1 is 1.17 bits per heavy atom. The highest BCUT2D eigenvalue weighted by Crippen LogP contribution is 2.30. The van der Waals surface area contributed by atoms with E-state index in [1.165, 1.54) is 32.1 Å². The van der Waals surface area contributed by atoms with Crippen molar-refractivity contribution >= 4 is 0 Å². The van der Waals surface area contributed by atoms with Gasteiger partial charge in [0.1, 0.15) is 0 Å². The van der Waals surface area contributed by atoms with E-state index in [0.29, 0.717) is 6.04 Å². The number of rotatable bonds is 2. The molecule has 2 unspecified atom stereocenters. The number of hydrogen-bond donors (Lipinski definition) is 2. The first-order chi connectivity index (χ1) is 5.86. The van der Waals surface area contributed by atoms with Crippen LogP contribution in [0, 0.1) is 5.92 Å². The molecule has 1 saturated heterocycles. The van der Waals surface area contributed by atoms with Crippen molar-refractivity contribution < 1.29 is 5.11 Å². The van der Waals surface area contributed by atoms with Gasteiger partial charge in [0.2, 0.25) is 0 Å². The highest BCUT2D eigenvalue weighted by Gasteiger charge is 2.28. The molecule has 2 nitrogen and oxygen atoms in total. The molecule has 1 aliphatic heterocycles. The Labute approximate surface area is 74.4 Å². The van der Waals surface area contributed by atoms with Gasteiger partial charge in [-0.25, -0.2) is 0 Å². The van der Waals surface area contributed by atoms with E-state index in [1.807, 2.05) is 0 Å². The smallest absolute Gasteiger partial charge is 0.0705 e. The summed E-state index contributed by atoms with van der Waals surface area (Å²) in [7, 11) is 0. The Morgan fingerprint density at radius 2 is 1.92 bits per heavy atom. The van der Waals surface area contributed by atoms with E-state index in [4.69, 9.17) is 0 Å². The zero-order valence-electron chi connectivity index (χ0n) is 7.63. The van der Waals surface area contributed by atoms with E-state index in [0.717, 1.165) is 18.9 Å². The van der Waals surface area contributed by atoms with Crippen LogP contribution in [-0.4, -0.2) is 23.8 Å². The molecule has 2 heteroatoms. The molecular weight excluding hydrogens is 150 g/mol. The molecule has 1 aliphatic carbocycles. The molecule has 1 heterocycles. The SMILES string of the molecule is OC1CCNC1CC1CCCC1. The zero-order valence-corrected chi connectivity index (χ0v) is 7.63. The number of nitrogens with one attached hydrogen (secondary N) is 1. The first-order valence-electron chi connectivity index (χ1n) is 5.28. The lowest BCUT2D eigenvalue weighted by atomic mass is 9.96. The van der Waals surface area contributed by atoms with Gasteiger partial charge in [-0.1, -0.05) is 25.7 Å². The Morgan fingerprint density at radius 3 is 2.50 bits per heavy atom. The van der Waals surface area contributed by atoms with Gasteiger partial charge in [-0.3, -0.25) is 0 Å². The molecule has 2 fully saturated rings. The molecule has 12 heavy (non-hydrogen) atoms. The maximum absolute atomic E-state index is 9.59. The predicted molar refractivity (Wildman–Crippen MR) is 49.0 cm³/mol. The molecule has 0 radical (unpaired) electrons. The van der Waals surface area contributed by atoms with Gasteiger partial charge in [0.05, 0.1) is 6.10 Å². The quantitative estimate of drug-likeness (QED) is 0.653. The van der Waals surface area contributed by atoms with Gasteiger partial charge in [-0.05, 0) is 25.3 Å². The van der Waals surface area contributed by atoms with Crippen molar-refractivity contribution in [2.24, 2.45) is 5.92 Å². The van der Waals surface area contributed by atoms with Gasteiger partial charge in [0.25, 0.3) is 0 Å². The monoisotopic (exact) mass is 169 g/mol. The lowest BCUT2D eigenvalue weighted by Crippen LogP contribution is -2.31. The van der Waals surface area contributed by atoms with Crippen LogP contribution in [0.15, 0.2) is 0 Å². The summed E-state index contributed by atoms with van der Waals surface area (Å²) in [5, 5.41) is 13.0. The number of hydrogen-bond acceptors (Lipinski definition) is 2. The molecule has 2 atom stereocenters. The summed E-state index contributed by atoms with van der Waals surface area (Å²) < 4.78 is 0. The molecule has 0 aromatic heterocycles. The van der Waals surface area contributed by atoms with Gasteiger partial charge >= 0.3 is 0 Å². The standard InChI is InChI=1S/C10H19NO/c12-10-5-6-11-9(10)7-8-3-1-2-4-8/h8-12H,1-7H2. The Balaban J connectivity index is 1.77. The number of aliphatic hydroxyl groups excluding tert-OH is 1. The molecule has 2 N–H and O–H groups in total. The van der Waals surface area contributed by atoms with E-state index in [9.17, 15) is 5.11 Å². The van der Waals surface area contributed by atoms with Crippen LogP contribution >= 0.6 is 0 Å². The van der Waals surface area contributed by atoms with Crippen molar-refractivity contribution in [1.29, 1.82) is 0 Å². The highest BCUT2D eigenvalue weighted by molar-refractivity contribution is 4.86. The van der Waals surface area contributed by atoms with Crippen LogP contribution in [0.25, 0.3) is 0 Å². The topological polar surface area (TPSA) is 32.3 Å². The van der Waals surface area contributed by atoms with E-state index in [2.05, 4.69) is 5.32 Å². The van der Waals surface area contributed by atoms with Crippen LogP contribution in [0.4, 0.5) is 0 Å². The van der Waals surface area contributed by atoms with Crippen molar-refractivity contribution in [3.63, 3.8) is 0 Å². The van der Waals surface area contributed by atoms with Crippen molar-refractivity contribution in [2.45, 2.75) is 50.7 Å². The summed E-state index contributed by atoms with van der Waals surface area (Å²) in [6.45, 7) is 1.01. The minimum Gasteiger partial charge on any atom is -0.391 e. The summed E-state index contributed by atoms with van der Waals surface area (Å²) in [6.07, 6.45) is 7.71. The van der Waals surface area contributed by atoms with Crippen LogP contribution in [-0.2, 0) is 0 Å². The van der Waals surface area contributed by atoms with Crippen LogP contribution in [0.2, 0.25) is 0 Å². The van der Waals surface area contributed by atoms with E-state index in [-0.39, 0.29) is 6.10 Å². The van der Waals surface area contributed by atoms with Crippen LogP contribution in [0.5, 0.6) is 0 Å². The second-order valence-electron chi connectivity index (χ2n) is 4.30. The summed E-state index contributed by atoms with van der Waals surface area (Å²) in [5.74, 6) is 0.898. The minimum absolute atomic E-state index is 0.0643. The van der Waals surface area contributed by atoms with Crippen LogP contribution in [0.1, 0.15) is 38.5 Å².